The molecule has 0 bridgehead atoms. The van der Waals surface area contributed by atoms with Crippen LogP contribution in [0.25, 0.3) is 26.6 Å². The molecule has 0 spiro atoms. The van der Waals surface area contributed by atoms with Gasteiger partial charge in [0, 0.05) is 0 Å². The summed E-state index contributed by atoms with van der Waals surface area (Å²) >= 11 is 1.01. The molecular weight excluding hydrogens is 432 g/mol. The molecule has 150 valence electrons. The molecule has 2 heterocycles. The van der Waals surface area contributed by atoms with E-state index in [1.807, 2.05) is 0 Å². The molecule has 4 aromatic rings. The number of nitrogens with zero attached hydrogens (tertiary/aromatic N) is 3. The first-order valence-electron chi connectivity index (χ1n) is 7.90. The van der Waals surface area contributed by atoms with Crippen molar-refractivity contribution in [3.05, 3.63) is 60.0 Å². The predicted octanol–water partition coefficient (Wildman–Crippen LogP) is 3.95. The summed E-state index contributed by atoms with van der Waals surface area (Å²) in [5.41, 5.74) is -0.981. The Hall–Kier alpha value is -2.83. The molecule has 0 aliphatic heterocycles. The van der Waals surface area contributed by atoms with Crippen molar-refractivity contribution in [2.45, 2.75) is 11.1 Å². The maximum atomic E-state index is 14.0. The molecule has 0 fully saturated rings. The van der Waals surface area contributed by atoms with Crippen LogP contribution < -0.4 is 5.14 Å². The van der Waals surface area contributed by atoms with Gasteiger partial charge in [-0.25, -0.2) is 27.6 Å². The van der Waals surface area contributed by atoms with Crippen LogP contribution in [0.5, 0.6) is 0 Å². The van der Waals surface area contributed by atoms with E-state index in [1.165, 1.54) is 24.3 Å². The highest BCUT2D eigenvalue weighted by atomic mass is 32.2. The number of sulfonamides is 1. The third-order valence-electron chi connectivity index (χ3n) is 4.00. The normalized spacial score (nSPS) is 12.6. The summed E-state index contributed by atoms with van der Waals surface area (Å²) < 4.78 is 78.0. The minimum Gasteiger partial charge on any atom is -0.231 e. The van der Waals surface area contributed by atoms with Gasteiger partial charge in [0.2, 0.25) is 10.0 Å². The van der Waals surface area contributed by atoms with Gasteiger partial charge in [-0.15, -0.1) is 11.3 Å². The Morgan fingerprint density at radius 3 is 2.34 bits per heavy atom. The molecule has 4 rings (SSSR count). The van der Waals surface area contributed by atoms with Crippen molar-refractivity contribution >= 4 is 31.6 Å². The fraction of sp³-hybridized carbons (Fsp3) is 0.0588. The van der Waals surface area contributed by atoms with Crippen LogP contribution in [-0.2, 0) is 16.2 Å². The molecule has 0 atom stereocenters. The van der Waals surface area contributed by atoms with Gasteiger partial charge in [0.05, 0.1) is 15.3 Å². The second-order valence-electron chi connectivity index (χ2n) is 5.97. The maximum Gasteiger partial charge on any atom is 0.435 e. The summed E-state index contributed by atoms with van der Waals surface area (Å²) in [5.74, 6) is -0.593. The Morgan fingerprint density at radius 2 is 1.76 bits per heavy atom. The van der Waals surface area contributed by atoms with Crippen molar-refractivity contribution in [3.63, 3.8) is 0 Å². The molecule has 0 amide bonds. The zero-order valence-corrected chi connectivity index (χ0v) is 15.8. The molecule has 0 aliphatic carbocycles. The Kier molecular flexibility index (Phi) is 4.44. The van der Waals surface area contributed by atoms with Crippen LogP contribution in [0, 0.1) is 5.82 Å². The largest absolute Gasteiger partial charge is 0.435 e. The van der Waals surface area contributed by atoms with E-state index >= 15 is 0 Å². The van der Waals surface area contributed by atoms with Gasteiger partial charge in [-0.2, -0.15) is 18.3 Å². The van der Waals surface area contributed by atoms with E-state index in [-0.39, 0.29) is 26.8 Å². The fourth-order valence-electron chi connectivity index (χ4n) is 2.67. The SMILES string of the molecule is NS(=O)(=O)c1ccc(-n2nc(C(F)(F)F)cc2-c2nc3c(F)cccc3s2)cc1. The zero-order chi connectivity index (χ0) is 21.0. The zero-order valence-electron chi connectivity index (χ0n) is 14.2. The van der Waals surface area contributed by atoms with Crippen LogP contribution in [0.15, 0.2) is 53.4 Å². The molecule has 6 nitrogen and oxygen atoms in total. The summed E-state index contributed by atoms with van der Waals surface area (Å²) in [4.78, 5) is 3.92. The van der Waals surface area contributed by atoms with E-state index in [4.69, 9.17) is 5.14 Å². The van der Waals surface area contributed by atoms with Gasteiger partial charge in [-0.3, -0.25) is 0 Å². The first-order chi connectivity index (χ1) is 13.5. The Balaban J connectivity index is 1.91. The van der Waals surface area contributed by atoms with Crippen molar-refractivity contribution in [3.8, 4) is 16.4 Å². The molecular formula is C17H10F4N4O2S2. The van der Waals surface area contributed by atoms with Crippen molar-refractivity contribution in [2.75, 3.05) is 0 Å². The van der Waals surface area contributed by atoms with Crippen LogP contribution in [0.1, 0.15) is 5.69 Å². The number of rotatable bonds is 3. The van der Waals surface area contributed by atoms with Gasteiger partial charge in [0.15, 0.2) is 5.69 Å². The van der Waals surface area contributed by atoms with E-state index in [0.717, 1.165) is 34.2 Å². The standard InChI is InChI=1S/C17H10F4N4O2S2/c18-11-2-1-3-13-15(11)23-16(28-13)12-8-14(17(19,20)21)24-25(12)9-4-6-10(7-5-9)29(22,26)27/h1-8H,(H2,22,26,27). The highest BCUT2D eigenvalue weighted by Crippen LogP contribution is 2.36. The van der Waals surface area contributed by atoms with Crippen molar-refractivity contribution < 1.29 is 26.0 Å². The number of benzene rings is 2. The van der Waals surface area contributed by atoms with Crippen LogP contribution in [0.2, 0.25) is 0 Å². The monoisotopic (exact) mass is 442 g/mol. The van der Waals surface area contributed by atoms with E-state index < -0.39 is 27.7 Å². The quantitative estimate of drug-likeness (QED) is 0.487. The highest BCUT2D eigenvalue weighted by molar-refractivity contribution is 7.89. The summed E-state index contributed by atoms with van der Waals surface area (Å²) in [5, 5.41) is 8.77. The van der Waals surface area contributed by atoms with Gasteiger partial charge in [0.1, 0.15) is 22.0 Å². The summed E-state index contributed by atoms with van der Waals surface area (Å²) in [6, 6.07) is 9.94. The average Bonchev–Trinajstić information content (AvgIpc) is 3.26. The molecule has 2 N–H and O–H groups in total. The lowest BCUT2D eigenvalue weighted by molar-refractivity contribution is -0.141. The third-order valence-corrected chi connectivity index (χ3v) is 5.97. The van der Waals surface area contributed by atoms with Gasteiger partial charge in [-0.1, -0.05) is 6.07 Å². The molecule has 29 heavy (non-hydrogen) atoms. The van der Waals surface area contributed by atoms with Crippen molar-refractivity contribution in [1.82, 2.24) is 14.8 Å². The number of aromatic nitrogens is 3. The second-order valence-corrected chi connectivity index (χ2v) is 8.56. The first-order valence-corrected chi connectivity index (χ1v) is 10.3. The van der Waals surface area contributed by atoms with Gasteiger partial charge in [0.25, 0.3) is 0 Å². The number of alkyl halides is 3. The number of para-hydroxylation sites is 1. The molecule has 0 unspecified atom stereocenters. The minimum absolute atomic E-state index is 0.0127. The molecule has 0 aliphatic rings. The van der Waals surface area contributed by atoms with Crippen molar-refractivity contribution in [1.29, 1.82) is 0 Å². The minimum atomic E-state index is -4.72. The van der Waals surface area contributed by atoms with Crippen LogP contribution in [0.3, 0.4) is 0 Å². The topological polar surface area (TPSA) is 90.9 Å². The number of primary sulfonamides is 1. The van der Waals surface area contributed by atoms with Crippen LogP contribution in [-0.4, -0.2) is 23.2 Å². The Bertz CT molecular complexity index is 1330. The smallest absolute Gasteiger partial charge is 0.231 e. The lowest BCUT2D eigenvalue weighted by Gasteiger charge is -2.06. The number of fused-ring (bicyclic) bond motifs is 1. The molecule has 0 radical (unpaired) electrons. The number of thiazole rings is 1. The second kappa shape index (κ2) is 6.61. The number of halogens is 4. The maximum absolute atomic E-state index is 14.0. The summed E-state index contributed by atoms with van der Waals surface area (Å²) in [6.07, 6.45) is -4.72. The first kappa shape index (κ1) is 19.5. The van der Waals surface area contributed by atoms with Gasteiger partial charge >= 0.3 is 6.18 Å². The van der Waals surface area contributed by atoms with E-state index in [0.29, 0.717) is 4.70 Å². The number of hydrogen-bond acceptors (Lipinski definition) is 5. The lowest BCUT2D eigenvalue weighted by atomic mass is 10.3. The van der Waals surface area contributed by atoms with Gasteiger partial charge < -0.3 is 0 Å². The average molecular weight is 442 g/mol. The summed E-state index contributed by atoms with van der Waals surface area (Å²) in [6.45, 7) is 0. The van der Waals surface area contributed by atoms with E-state index in [9.17, 15) is 26.0 Å². The number of nitrogens with two attached hydrogens (primary N) is 1. The molecule has 2 aromatic carbocycles. The molecule has 0 saturated heterocycles. The molecule has 12 heteroatoms. The Morgan fingerprint density at radius 1 is 1.07 bits per heavy atom. The van der Waals surface area contributed by atoms with Gasteiger partial charge in [-0.05, 0) is 42.5 Å². The van der Waals surface area contributed by atoms with E-state index in [2.05, 4.69) is 10.1 Å². The Labute approximate surface area is 165 Å². The van der Waals surface area contributed by atoms with Crippen LogP contribution in [0.4, 0.5) is 17.6 Å². The molecule has 2 aromatic heterocycles. The lowest BCUT2D eigenvalue weighted by Crippen LogP contribution is -2.12. The fourth-order valence-corrected chi connectivity index (χ4v) is 4.17. The summed E-state index contributed by atoms with van der Waals surface area (Å²) in [7, 11) is -3.97. The highest BCUT2D eigenvalue weighted by Gasteiger charge is 2.35. The van der Waals surface area contributed by atoms with Crippen LogP contribution >= 0.6 is 11.3 Å². The number of hydrogen-bond donors (Lipinski definition) is 1. The predicted molar refractivity (Wildman–Crippen MR) is 98.5 cm³/mol. The van der Waals surface area contributed by atoms with Crippen molar-refractivity contribution in [2.24, 2.45) is 5.14 Å². The van der Waals surface area contributed by atoms with E-state index in [1.54, 1.807) is 6.07 Å². The molecule has 0 saturated carbocycles. The third kappa shape index (κ3) is 3.61.